The van der Waals surface area contributed by atoms with Gasteiger partial charge >= 0.3 is 0 Å². The number of halogens is 15. The highest BCUT2D eigenvalue weighted by molar-refractivity contribution is 6.50. The Hall–Kier alpha value is -12.4. The van der Waals surface area contributed by atoms with Crippen molar-refractivity contribution >= 4 is 201 Å². The van der Waals surface area contributed by atoms with Gasteiger partial charge < -0.3 is 46.6 Å². The van der Waals surface area contributed by atoms with Gasteiger partial charge in [-0.25, -0.2) is 36.9 Å². The van der Waals surface area contributed by atoms with Gasteiger partial charge in [-0.3, -0.25) is 57.4 Å². The van der Waals surface area contributed by atoms with E-state index in [9.17, 15) is 44.6 Å². The number of fused-ring (bicyclic) bond motifs is 3. The number of carbonyl (C=O) groups is 3. The summed E-state index contributed by atoms with van der Waals surface area (Å²) in [7, 11) is 0. The predicted octanol–water partition coefficient (Wildman–Crippen LogP) is 20.9. The number of nitrogen functional groups attached to an aromatic ring is 3. The highest BCUT2D eigenvalue weighted by atomic mass is 35.5. The second kappa shape index (κ2) is 41.0. The summed E-state index contributed by atoms with van der Waals surface area (Å²) >= 11 is 63.0. The van der Waals surface area contributed by atoms with Crippen LogP contribution in [0.2, 0.25) is 50.2 Å². The Balaban J connectivity index is 0.000000175. The lowest BCUT2D eigenvalue weighted by atomic mass is 10.0. The van der Waals surface area contributed by atoms with Crippen LogP contribution >= 0.6 is 116 Å². The smallest absolute Gasteiger partial charge is 0.276 e. The number of anilines is 6. The molecule has 3 aromatic carbocycles. The first kappa shape index (κ1) is 103. The van der Waals surface area contributed by atoms with Crippen molar-refractivity contribution in [1.82, 2.24) is 58.3 Å². The van der Waals surface area contributed by atoms with E-state index in [1.807, 2.05) is 83.9 Å². The molecule has 3 amide bonds. The Morgan fingerprint density at radius 2 is 0.645 bits per heavy atom. The molecule has 0 aliphatic carbocycles. The lowest BCUT2D eigenvalue weighted by Gasteiger charge is -2.41. The maximum atomic E-state index is 15.6. The van der Waals surface area contributed by atoms with E-state index in [2.05, 4.69) is 62.9 Å². The zero-order chi connectivity index (χ0) is 101. The number of hydrogen-bond donors (Lipinski definition) is 3. The minimum absolute atomic E-state index is 0.00487. The molecule has 0 saturated carbocycles. The number of aryl methyl sites for hydroxylation is 3. The number of rotatable bonds is 15. The molecular weight excluding hydrogens is 1990 g/mol. The number of pyridine rings is 9. The van der Waals surface area contributed by atoms with Gasteiger partial charge in [-0.2, -0.15) is 15.8 Å². The van der Waals surface area contributed by atoms with E-state index in [4.69, 9.17) is 138 Å². The highest BCUT2D eigenvalue weighted by Crippen LogP contribution is 2.51. The van der Waals surface area contributed by atoms with Crippen molar-refractivity contribution in [3.63, 3.8) is 0 Å². The van der Waals surface area contributed by atoms with Crippen molar-refractivity contribution in [2.45, 2.75) is 119 Å². The summed E-state index contributed by atoms with van der Waals surface area (Å²) in [5, 5.41) is 28.2. The minimum Gasteiger partial charge on any atom is -0.396 e. The summed E-state index contributed by atoms with van der Waals surface area (Å²) in [6.07, 6.45) is 8.57. The van der Waals surface area contributed by atoms with Crippen LogP contribution in [-0.4, -0.2) is 153 Å². The van der Waals surface area contributed by atoms with E-state index in [-0.39, 0.29) is 196 Å². The fourth-order valence-corrected chi connectivity index (χ4v) is 19.7. The first-order chi connectivity index (χ1) is 65.2. The molecule has 138 heavy (non-hydrogen) atoms. The number of hydrogen-bond acceptors (Lipinski definition) is 21. The van der Waals surface area contributed by atoms with Gasteiger partial charge in [0.1, 0.15) is 61.9 Å². The zero-order valence-electron chi connectivity index (χ0n) is 75.8. The molecule has 3 atom stereocenters. The summed E-state index contributed by atoms with van der Waals surface area (Å²) in [6, 6.07) is 14.9. The topological polar surface area (TPSA) is 363 Å². The SMILES string of the molecule is C=CC(=O)N1CCN(c2c(C#N)c(=O)n(-c3c(C)ccnc3C(C)C)c3nc(-c4c(N)c(F)c(Cl)c(Cl)c4Cl)c(Cl)cc23)C[C@H]1C.C=CC(=O)N1CCN(c2c(C#N)c(=O)n(-c3c(C)ccnc3C(C)C)c3nc(-c4c(N)c(F)c(Cl)c(Cl)c4F)c(Cl)cc23)C[C@H]1C.C=CC(=O)N1CCN(c2c(C#N)c(=O)n(-c3c(C)ccnc3C(C)C)c3nc(-c4c(N)c(F)c(Cl)c(Cl)c4F)c(Cl)cc23)C[C@H]1C. The molecule has 3 aliphatic heterocycles. The van der Waals surface area contributed by atoms with Crippen LogP contribution in [-0.2, 0) is 14.4 Å². The van der Waals surface area contributed by atoms with E-state index in [1.54, 1.807) is 65.3 Å². The Bertz CT molecular complexity index is 6780. The Kier molecular flexibility index (Phi) is 30.6. The van der Waals surface area contributed by atoms with E-state index < -0.39 is 99.1 Å². The molecule has 0 spiro atoms. The lowest BCUT2D eigenvalue weighted by Crippen LogP contribution is -2.54. The molecular formula is C96H84Cl10F5N21O6. The van der Waals surface area contributed by atoms with Crippen LogP contribution < -0.4 is 48.6 Å². The van der Waals surface area contributed by atoms with Crippen molar-refractivity contribution < 1.29 is 36.3 Å². The summed E-state index contributed by atoms with van der Waals surface area (Å²) < 4.78 is 80.2. The van der Waals surface area contributed by atoms with E-state index in [0.29, 0.717) is 81.5 Å². The van der Waals surface area contributed by atoms with Crippen molar-refractivity contribution in [2.24, 2.45) is 0 Å². The molecule has 714 valence electrons. The van der Waals surface area contributed by atoms with Crippen LogP contribution in [0.4, 0.5) is 56.1 Å². The van der Waals surface area contributed by atoms with Gasteiger partial charge in [0.05, 0.1) is 137 Å². The average molecular weight is 2080 g/mol. The Labute approximate surface area is 837 Å². The fourth-order valence-electron chi connectivity index (χ4n) is 17.6. The molecule has 0 unspecified atom stereocenters. The molecule has 27 nitrogen and oxygen atoms in total. The fraction of sp³-hybridized carbons (Fsp3) is 0.281. The number of benzene rings is 3. The van der Waals surface area contributed by atoms with Crippen molar-refractivity contribution in [2.75, 3.05) is 90.8 Å². The van der Waals surface area contributed by atoms with Gasteiger partial charge in [-0.15, -0.1) is 0 Å². The number of amides is 3. The summed E-state index contributed by atoms with van der Waals surface area (Å²) in [5.41, 5.74) is 17.5. The third-order valence-corrected chi connectivity index (χ3v) is 27.9. The van der Waals surface area contributed by atoms with Crippen molar-refractivity contribution in [3.8, 4) is 69.0 Å². The number of nitrogens with two attached hydrogens (primary N) is 3. The van der Waals surface area contributed by atoms with E-state index in [1.165, 1.54) is 50.1 Å². The maximum absolute atomic E-state index is 15.6. The van der Waals surface area contributed by atoms with Gasteiger partial charge in [0.25, 0.3) is 16.7 Å². The number of piperazine rings is 3. The largest absolute Gasteiger partial charge is 0.396 e. The van der Waals surface area contributed by atoms with Gasteiger partial charge in [0, 0.05) is 117 Å². The average Bonchev–Trinajstić information content (AvgIpc) is 0.726. The summed E-state index contributed by atoms with van der Waals surface area (Å²) in [5.74, 6) is -6.81. The quantitative estimate of drug-likeness (QED) is 0.0282. The van der Waals surface area contributed by atoms with Crippen LogP contribution in [0.25, 0.3) is 83.9 Å². The summed E-state index contributed by atoms with van der Waals surface area (Å²) in [6.45, 7) is 35.6. The van der Waals surface area contributed by atoms with Crippen LogP contribution in [0, 0.1) is 83.9 Å². The van der Waals surface area contributed by atoms with E-state index in [0.717, 1.165) is 0 Å². The first-order valence-electron chi connectivity index (χ1n) is 42.6. The number of nitriles is 3. The van der Waals surface area contributed by atoms with Gasteiger partial charge in [-0.05, 0) is 131 Å². The second-order valence-corrected chi connectivity index (χ2v) is 37.6. The van der Waals surface area contributed by atoms with Crippen LogP contribution in [0.5, 0.6) is 0 Å². The summed E-state index contributed by atoms with van der Waals surface area (Å²) in [4.78, 5) is 119. The molecule has 0 radical (unpaired) electrons. The molecule has 3 fully saturated rings. The molecule has 15 rings (SSSR count). The molecule has 6 N–H and O–H groups in total. The van der Waals surface area contributed by atoms with Gasteiger partial charge in [0.2, 0.25) is 17.7 Å². The minimum atomic E-state index is -1.16. The van der Waals surface area contributed by atoms with Crippen LogP contribution in [0.15, 0.2) is 107 Å². The first-order valence-corrected chi connectivity index (χ1v) is 46.4. The molecule has 12 aromatic rings. The van der Waals surface area contributed by atoms with Crippen LogP contribution in [0.3, 0.4) is 0 Å². The van der Waals surface area contributed by atoms with Gasteiger partial charge in [0.15, 0.2) is 29.1 Å². The predicted molar refractivity (Wildman–Crippen MR) is 536 cm³/mol. The van der Waals surface area contributed by atoms with E-state index >= 15 is 22.0 Å². The molecule has 3 saturated heterocycles. The van der Waals surface area contributed by atoms with Crippen LogP contribution in [0.1, 0.15) is 131 Å². The number of aromatic nitrogens is 9. The Morgan fingerprint density at radius 1 is 0.399 bits per heavy atom. The molecule has 0 bridgehead atoms. The highest BCUT2D eigenvalue weighted by Gasteiger charge is 2.40. The zero-order valence-corrected chi connectivity index (χ0v) is 83.3. The third kappa shape index (κ3) is 18.1. The monoisotopic (exact) mass is 2070 g/mol. The van der Waals surface area contributed by atoms with Gasteiger partial charge in [-0.1, -0.05) is 177 Å². The van der Waals surface area contributed by atoms with Crippen molar-refractivity contribution in [3.05, 3.63) is 254 Å². The number of carbonyl (C=O) groups excluding carboxylic acids is 3. The third-order valence-electron chi connectivity index (χ3n) is 24.2. The maximum Gasteiger partial charge on any atom is 0.276 e. The normalized spacial score (nSPS) is 15.0. The molecule has 42 heteroatoms. The Morgan fingerprint density at radius 3 is 0.891 bits per heavy atom. The lowest BCUT2D eigenvalue weighted by molar-refractivity contribution is -0.129. The molecule has 12 heterocycles. The molecule has 3 aliphatic rings. The molecule has 9 aromatic heterocycles. The second-order valence-electron chi connectivity index (χ2n) is 33.8. The van der Waals surface area contributed by atoms with Crippen molar-refractivity contribution in [1.29, 1.82) is 15.8 Å². The standard InChI is InChI=1S/C32H28Cl4FN7O2.2C32H28Cl3F2N7O2/c1-6-20(45)43-10-9-42(13-16(43)5)30-17-11-19(33)28(21-22(34)23(35)24(36)25(37)26(21)39)41-31(17)44(32(46)18(30)12-38)29-15(4)7-8-40-27(29)14(2)3;2*1-6-20(45)43-10-9-42(13-16(43)5)30-17-11-19(33)28(21-24(36)22(34)23(35)25(37)26(21)39)41-31(17)44(32(46)18(30)12-38)29-15(4)7-8-40-27(29)14(2)3/h3*6-8,11,14,16H,1,9-10,13,39H2,2-5H3/t3*16-/m111/s1. The number of nitrogens with zero attached hydrogens (tertiary/aromatic N) is 18.